The Morgan fingerprint density at radius 3 is 2.43 bits per heavy atom. The number of rotatable bonds is 7. The van der Waals surface area contributed by atoms with Gasteiger partial charge in [-0.05, 0) is 17.7 Å². The van der Waals surface area contributed by atoms with Crippen LogP contribution in [0.2, 0.25) is 0 Å². The lowest BCUT2D eigenvalue weighted by Crippen LogP contribution is -2.29. The number of ether oxygens (including phenoxy) is 1. The van der Waals surface area contributed by atoms with Crippen LogP contribution in [0.1, 0.15) is 27.9 Å². The van der Waals surface area contributed by atoms with Gasteiger partial charge < -0.3 is 20.5 Å². The molecule has 144 valence electrons. The third kappa shape index (κ3) is 7.22. The zero-order valence-corrected chi connectivity index (χ0v) is 15.1. The van der Waals surface area contributed by atoms with Crippen LogP contribution in [-0.4, -0.2) is 36.2 Å². The van der Waals surface area contributed by atoms with Crippen LogP contribution in [-0.2, 0) is 16.1 Å². The summed E-state index contributed by atoms with van der Waals surface area (Å²) in [7, 11) is 0. The van der Waals surface area contributed by atoms with E-state index in [0.717, 1.165) is 5.56 Å². The second-order valence-electron chi connectivity index (χ2n) is 5.66. The Bertz CT molecular complexity index is 884. The Morgan fingerprint density at radius 1 is 0.964 bits per heavy atom. The minimum absolute atomic E-state index is 0.192. The monoisotopic (exact) mass is 380 g/mol. The molecule has 2 amide bonds. The molecule has 2 rings (SSSR count). The number of aliphatic carboxylic acids is 1. The summed E-state index contributed by atoms with van der Waals surface area (Å²) in [4.78, 5) is 34.2. The van der Waals surface area contributed by atoms with Gasteiger partial charge in [-0.25, -0.2) is 4.79 Å². The van der Waals surface area contributed by atoms with Crippen molar-refractivity contribution in [2.75, 3.05) is 13.1 Å². The molecule has 0 aromatic heterocycles. The Balaban J connectivity index is 1.79. The van der Waals surface area contributed by atoms with Crippen LogP contribution in [0.15, 0.2) is 54.6 Å². The molecule has 0 radical (unpaired) electrons. The zero-order valence-electron chi connectivity index (χ0n) is 15.1. The van der Waals surface area contributed by atoms with Crippen LogP contribution in [0, 0.1) is 11.8 Å². The largest absolute Gasteiger partial charge is 0.480 e. The van der Waals surface area contributed by atoms with E-state index in [4.69, 9.17) is 9.84 Å². The predicted molar refractivity (Wildman–Crippen MR) is 103 cm³/mol. The normalized spacial score (nSPS) is 9.57. The fraction of sp³-hybridized carbons (Fsp3) is 0.190. The topological polar surface area (TPSA) is 105 Å². The quantitative estimate of drug-likeness (QED) is 0.504. The number of carboxylic acids is 1. The summed E-state index contributed by atoms with van der Waals surface area (Å²) in [6.45, 7) is 0.0286. The van der Waals surface area contributed by atoms with E-state index >= 15 is 0 Å². The minimum Gasteiger partial charge on any atom is -0.480 e. The highest BCUT2D eigenvalue weighted by atomic mass is 16.5. The van der Waals surface area contributed by atoms with Crippen molar-refractivity contribution in [3.8, 4) is 11.8 Å². The van der Waals surface area contributed by atoms with E-state index < -0.39 is 24.5 Å². The van der Waals surface area contributed by atoms with Gasteiger partial charge in [-0.1, -0.05) is 54.3 Å². The van der Waals surface area contributed by atoms with E-state index in [1.807, 2.05) is 30.3 Å². The molecule has 2 aromatic rings. The summed E-state index contributed by atoms with van der Waals surface area (Å²) in [6, 6.07) is 16.0. The van der Waals surface area contributed by atoms with E-state index in [1.54, 1.807) is 24.3 Å². The van der Waals surface area contributed by atoms with Gasteiger partial charge in [0.05, 0.1) is 5.56 Å². The molecule has 0 heterocycles. The van der Waals surface area contributed by atoms with E-state index in [2.05, 4.69) is 22.5 Å². The van der Waals surface area contributed by atoms with E-state index in [9.17, 15) is 14.4 Å². The van der Waals surface area contributed by atoms with Gasteiger partial charge >= 0.3 is 12.1 Å². The maximum atomic E-state index is 12.0. The fourth-order valence-corrected chi connectivity index (χ4v) is 2.20. The molecule has 0 aliphatic heterocycles. The summed E-state index contributed by atoms with van der Waals surface area (Å²) in [5.41, 5.74) is 1.68. The van der Waals surface area contributed by atoms with Gasteiger partial charge in [0.2, 0.25) is 0 Å². The first-order valence-electron chi connectivity index (χ1n) is 8.58. The van der Waals surface area contributed by atoms with Gasteiger partial charge in [0.15, 0.2) is 0 Å². The first kappa shape index (κ1) is 20.5. The van der Waals surface area contributed by atoms with Crippen LogP contribution in [0.3, 0.4) is 0 Å². The van der Waals surface area contributed by atoms with Crippen molar-refractivity contribution >= 4 is 18.0 Å². The van der Waals surface area contributed by atoms with Crippen LogP contribution < -0.4 is 10.6 Å². The van der Waals surface area contributed by atoms with Crippen LogP contribution in [0.25, 0.3) is 0 Å². The Hall–Kier alpha value is -3.79. The van der Waals surface area contributed by atoms with Gasteiger partial charge in [0, 0.05) is 18.5 Å². The summed E-state index contributed by atoms with van der Waals surface area (Å²) >= 11 is 0. The van der Waals surface area contributed by atoms with Gasteiger partial charge in [-0.2, -0.15) is 0 Å². The average molecular weight is 380 g/mol. The van der Waals surface area contributed by atoms with Crippen molar-refractivity contribution in [2.24, 2.45) is 0 Å². The molecule has 2 aromatic carbocycles. The van der Waals surface area contributed by atoms with E-state index in [-0.39, 0.29) is 6.61 Å². The first-order chi connectivity index (χ1) is 13.6. The lowest BCUT2D eigenvalue weighted by Gasteiger charge is -2.05. The summed E-state index contributed by atoms with van der Waals surface area (Å²) in [5.74, 6) is 4.11. The van der Waals surface area contributed by atoms with Crippen molar-refractivity contribution in [1.29, 1.82) is 0 Å². The Morgan fingerprint density at radius 2 is 1.68 bits per heavy atom. The number of nitrogens with one attached hydrogen (secondary N) is 2. The van der Waals surface area contributed by atoms with Crippen molar-refractivity contribution in [3.63, 3.8) is 0 Å². The number of carbonyl (C=O) groups excluding carboxylic acids is 2. The first-order valence-corrected chi connectivity index (χ1v) is 8.58. The van der Waals surface area contributed by atoms with Crippen molar-refractivity contribution < 1.29 is 24.2 Å². The fourth-order valence-electron chi connectivity index (χ4n) is 2.20. The molecular weight excluding hydrogens is 360 g/mol. The van der Waals surface area contributed by atoms with E-state index in [1.165, 1.54) is 0 Å². The number of alkyl carbamates (subject to hydrolysis) is 1. The molecular formula is C21H20N2O5. The molecule has 0 aliphatic rings. The molecule has 3 N–H and O–H groups in total. The lowest BCUT2D eigenvalue weighted by atomic mass is 10.1. The number of hydrogen-bond donors (Lipinski definition) is 3. The third-order valence-corrected chi connectivity index (χ3v) is 3.53. The summed E-state index contributed by atoms with van der Waals surface area (Å²) < 4.78 is 5.09. The molecule has 0 bridgehead atoms. The van der Waals surface area contributed by atoms with Crippen molar-refractivity contribution in [2.45, 2.75) is 13.0 Å². The predicted octanol–water partition coefficient (Wildman–Crippen LogP) is 2.17. The summed E-state index contributed by atoms with van der Waals surface area (Å²) in [5, 5.41) is 13.5. The number of benzene rings is 2. The molecule has 7 heteroatoms. The third-order valence-electron chi connectivity index (χ3n) is 3.53. The number of hydrogen-bond acceptors (Lipinski definition) is 4. The highest BCUT2D eigenvalue weighted by Crippen LogP contribution is 2.07. The highest BCUT2D eigenvalue weighted by molar-refractivity contribution is 5.98. The molecule has 0 aliphatic carbocycles. The van der Waals surface area contributed by atoms with Crippen LogP contribution in [0.4, 0.5) is 4.79 Å². The molecule has 0 fully saturated rings. The van der Waals surface area contributed by atoms with Gasteiger partial charge in [0.1, 0.15) is 13.2 Å². The standard InChI is InChI=1S/C21H20N2O5/c24-19(25)14-23-20(26)18-12-5-4-10-17(18)11-6-7-13-22-21(27)28-15-16-8-2-1-3-9-16/h1-5,8-10,12H,7,13-15H2,(H,22,27)(H,23,26)(H,24,25). The van der Waals surface area contributed by atoms with Crippen molar-refractivity contribution in [1.82, 2.24) is 10.6 Å². The SMILES string of the molecule is O=C(O)CNC(=O)c1ccccc1C#CCCNC(=O)OCc1ccccc1. The zero-order chi connectivity index (χ0) is 20.2. The lowest BCUT2D eigenvalue weighted by molar-refractivity contribution is -0.135. The van der Waals surface area contributed by atoms with E-state index in [0.29, 0.717) is 24.1 Å². The van der Waals surface area contributed by atoms with Gasteiger partial charge in [-0.3, -0.25) is 9.59 Å². The summed E-state index contributed by atoms with van der Waals surface area (Å²) in [6.07, 6.45) is -0.162. The molecule has 0 saturated carbocycles. The second kappa shape index (κ2) is 11.0. The highest BCUT2D eigenvalue weighted by Gasteiger charge is 2.10. The number of amides is 2. The average Bonchev–Trinajstić information content (AvgIpc) is 2.71. The van der Waals surface area contributed by atoms with Gasteiger partial charge in [0.25, 0.3) is 5.91 Å². The maximum absolute atomic E-state index is 12.0. The second-order valence-corrected chi connectivity index (χ2v) is 5.66. The number of carboxylic acid groups (broad SMARTS) is 1. The molecule has 0 unspecified atom stereocenters. The van der Waals surface area contributed by atoms with Crippen LogP contribution in [0.5, 0.6) is 0 Å². The number of carbonyl (C=O) groups is 3. The minimum atomic E-state index is -1.12. The maximum Gasteiger partial charge on any atom is 0.407 e. The smallest absolute Gasteiger partial charge is 0.407 e. The van der Waals surface area contributed by atoms with Gasteiger partial charge in [-0.15, -0.1) is 0 Å². The molecule has 0 spiro atoms. The molecule has 7 nitrogen and oxygen atoms in total. The molecule has 0 saturated heterocycles. The van der Waals surface area contributed by atoms with Crippen LogP contribution >= 0.6 is 0 Å². The Labute approximate surface area is 162 Å². The molecule has 0 atom stereocenters. The van der Waals surface area contributed by atoms with Crippen molar-refractivity contribution in [3.05, 3.63) is 71.3 Å². The molecule has 28 heavy (non-hydrogen) atoms. The Kier molecular flexibility index (Phi) is 8.09.